The molecule has 2 heteroatoms. The molecule has 0 atom stereocenters. The molecule has 0 saturated carbocycles. The lowest BCUT2D eigenvalue weighted by Gasteiger charge is -2.07. The minimum atomic E-state index is 0.00380. The van der Waals surface area contributed by atoms with Gasteiger partial charge in [0.05, 0.1) is 5.54 Å². The Labute approximate surface area is 149 Å². The highest BCUT2D eigenvalue weighted by Gasteiger charge is 2.25. The summed E-state index contributed by atoms with van der Waals surface area (Å²) in [6, 6.07) is 0. The standard InChI is InChI=1S/C22H37NO/c1-4-5-6-7-8-9-10-11-12-13-14-15-16-17-18-19-21-23-22(2,3)20-24-21/h6-11H,4-5,12-20H2,1-3H3/b7-6+,9-8+,11-10+. The highest BCUT2D eigenvalue weighted by molar-refractivity contribution is 5.78. The maximum absolute atomic E-state index is 5.62. The van der Waals surface area contributed by atoms with Crippen LogP contribution in [0.5, 0.6) is 0 Å². The van der Waals surface area contributed by atoms with Crippen LogP contribution in [0.2, 0.25) is 0 Å². The summed E-state index contributed by atoms with van der Waals surface area (Å²) < 4.78 is 5.62. The van der Waals surface area contributed by atoms with E-state index in [-0.39, 0.29) is 5.54 Å². The maximum atomic E-state index is 5.62. The van der Waals surface area contributed by atoms with Gasteiger partial charge in [0, 0.05) is 6.42 Å². The van der Waals surface area contributed by atoms with Gasteiger partial charge in [0.1, 0.15) is 6.61 Å². The van der Waals surface area contributed by atoms with Crippen molar-refractivity contribution in [3.63, 3.8) is 0 Å². The first-order valence-corrected chi connectivity index (χ1v) is 9.84. The number of aliphatic imine (C=N–C) groups is 1. The molecule has 0 aromatic heterocycles. The van der Waals surface area contributed by atoms with E-state index in [0.717, 1.165) is 18.9 Å². The van der Waals surface area contributed by atoms with Crippen molar-refractivity contribution in [3.05, 3.63) is 36.5 Å². The van der Waals surface area contributed by atoms with E-state index >= 15 is 0 Å². The minimum absolute atomic E-state index is 0.00380. The van der Waals surface area contributed by atoms with Gasteiger partial charge in [-0.3, -0.25) is 0 Å². The third-order valence-corrected chi connectivity index (χ3v) is 4.09. The zero-order valence-corrected chi connectivity index (χ0v) is 16.1. The van der Waals surface area contributed by atoms with Crippen LogP contribution >= 0.6 is 0 Å². The van der Waals surface area contributed by atoms with E-state index in [2.05, 4.69) is 62.2 Å². The van der Waals surface area contributed by atoms with Gasteiger partial charge in [-0.15, -0.1) is 0 Å². The lowest BCUT2D eigenvalue weighted by Crippen LogP contribution is -2.17. The lowest BCUT2D eigenvalue weighted by atomic mass is 10.1. The number of rotatable bonds is 13. The summed E-state index contributed by atoms with van der Waals surface area (Å²) in [5.41, 5.74) is 0.00380. The zero-order chi connectivity index (χ0) is 17.5. The lowest BCUT2D eigenvalue weighted by molar-refractivity contribution is 0.273. The molecule has 0 spiro atoms. The van der Waals surface area contributed by atoms with Gasteiger partial charge in [0.2, 0.25) is 0 Å². The molecule has 0 aromatic carbocycles. The van der Waals surface area contributed by atoms with E-state index in [1.165, 1.54) is 57.8 Å². The number of nitrogens with zero attached hydrogens (tertiary/aromatic N) is 1. The Hall–Kier alpha value is -1.31. The van der Waals surface area contributed by atoms with E-state index in [0.29, 0.717) is 0 Å². The number of unbranched alkanes of at least 4 members (excludes halogenated alkanes) is 7. The van der Waals surface area contributed by atoms with Crippen LogP contribution in [0.3, 0.4) is 0 Å². The molecule has 0 unspecified atom stereocenters. The summed E-state index contributed by atoms with van der Waals surface area (Å²) in [5, 5.41) is 0. The van der Waals surface area contributed by atoms with E-state index < -0.39 is 0 Å². The van der Waals surface area contributed by atoms with Gasteiger partial charge in [-0.2, -0.15) is 0 Å². The molecule has 136 valence electrons. The summed E-state index contributed by atoms with van der Waals surface area (Å²) in [6.07, 6.45) is 25.5. The molecule has 1 rings (SSSR count). The van der Waals surface area contributed by atoms with Crippen molar-refractivity contribution in [3.8, 4) is 0 Å². The molecule has 0 aromatic rings. The average Bonchev–Trinajstić information content (AvgIpc) is 2.90. The van der Waals surface area contributed by atoms with Crippen LogP contribution in [0, 0.1) is 0 Å². The van der Waals surface area contributed by atoms with Gasteiger partial charge in [0.25, 0.3) is 0 Å². The molecule has 1 aliphatic heterocycles. The molecule has 24 heavy (non-hydrogen) atoms. The molecule has 0 fully saturated rings. The number of hydrogen-bond acceptors (Lipinski definition) is 2. The van der Waals surface area contributed by atoms with Crippen LogP contribution < -0.4 is 0 Å². The fraction of sp³-hybridized carbons (Fsp3) is 0.682. The zero-order valence-electron chi connectivity index (χ0n) is 16.1. The molecular weight excluding hydrogens is 294 g/mol. The van der Waals surface area contributed by atoms with Crippen molar-refractivity contribution in [1.82, 2.24) is 0 Å². The molecule has 0 radical (unpaired) electrons. The highest BCUT2D eigenvalue weighted by Crippen LogP contribution is 2.19. The van der Waals surface area contributed by atoms with Crippen molar-refractivity contribution in [2.75, 3.05) is 6.61 Å². The summed E-state index contributed by atoms with van der Waals surface area (Å²) >= 11 is 0. The first-order chi connectivity index (χ1) is 11.6. The first-order valence-electron chi connectivity index (χ1n) is 9.84. The van der Waals surface area contributed by atoms with E-state index in [1.54, 1.807) is 0 Å². The van der Waals surface area contributed by atoms with Crippen molar-refractivity contribution in [2.24, 2.45) is 4.99 Å². The minimum Gasteiger partial charge on any atom is -0.478 e. The van der Waals surface area contributed by atoms with E-state index in [1.807, 2.05) is 0 Å². The number of hydrogen-bond donors (Lipinski definition) is 0. The second-order valence-corrected chi connectivity index (χ2v) is 7.30. The van der Waals surface area contributed by atoms with Crippen molar-refractivity contribution >= 4 is 5.90 Å². The van der Waals surface area contributed by atoms with Gasteiger partial charge in [-0.1, -0.05) is 75.5 Å². The van der Waals surface area contributed by atoms with Crippen molar-refractivity contribution < 1.29 is 4.74 Å². The maximum Gasteiger partial charge on any atom is 0.183 e. The Bertz CT molecular complexity index is 429. The summed E-state index contributed by atoms with van der Waals surface area (Å²) in [7, 11) is 0. The molecule has 0 amide bonds. The van der Waals surface area contributed by atoms with Gasteiger partial charge < -0.3 is 4.74 Å². The topological polar surface area (TPSA) is 21.6 Å². The fourth-order valence-corrected chi connectivity index (χ4v) is 2.68. The fourth-order valence-electron chi connectivity index (χ4n) is 2.68. The number of ether oxygens (including phenoxy) is 1. The molecular formula is C22H37NO. The summed E-state index contributed by atoms with van der Waals surface area (Å²) in [4.78, 5) is 4.60. The molecule has 0 saturated heterocycles. The van der Waals surface area contributed by atoms with Gasteiger partial charge in [-0.25, -0.2) is 4.99 Å². The van der Waals surface area contributed by atoms with E-state index in [4.69, 9.17) is 4.74 Å². The summed E-state index contributed by atoms with van der Waals surface area (Å²) in [6.45, 7) is 7.22. The molecule has 0 aliphatic carbocycles. The number of allylic oxidation sites excluding steroid dienone is 6. The SMILES string of the molecule is CCC/C=C/C=C/C=C/CCCCCCCCC1=NC(C)(C)CO1. The van der Waals surface area contributed by atoms with Crippen LogP contribution in [0.15, 0.2) is 41.4 Å². The summed E-state index contributed by atoms with van der Waals surface area (Å²) in [5.74, 6) is 0.975. The van der Waals surface area contributed by atoms with Crippen LogP contribution in [-0.2, 0) is 4.74 Å². The Morgan fingerprint density at radius 2 is 1.50 bits per heavy atom. The van der Waals surface area contributed by atoms with Crippen LogP contribution in [0.25, 0.3) is 0 Å². The monoisotopic (exact) mass is 331 g/mol. The Morgan fingerprint density at radius 1 is 0.875 bits per heavy atom. The Balaban J connectivity index is 1.87. The third kappa shape index (κ3) is 11.3. The Kier molecular flexibility index (Phi) is 11.3. The molecule has 1 aliphatic rings. The van der Waals surface area contributed by atoms with Gasteiger partial charge in [0.15, 0.2) is 5.90 Å². The molecule has 0 N–H and O–H groups in total. The second kappa shape index (κ2) is 13.0. The van der Waals surface area contributed by atoms with Crippen LogP contribution in [0.4, 0.5) is 0 Å². The molecule has 2 nitrogen and oxygen atoms in total. The van der Waals surface area contributed by atoms with Crippen molar-refractivity contribution in [2.45, 2.75) is 90.5 Å². The van der Waals surface area contributed by atoms with Crippen LogP contribution in [0.1, 0.15) is 85.0 Å². The third-order valence-electron chi connectivity index (χ3n) is 4.09. The first kappa shape index (κ1) is 20.7. The van der Waals surface area contributed by atoms with Gasteiger partial charge >= 0.3 is 0 Å². The predicted molar refractivity (Wildman–Crippen MR) is 107 cm³/mol. The second-order valence-electron chi connectivity index (χ2n) is 7.30. The quantitative estimate of drug-likeness (QED) is 0.269. The highest BCUT2D eigenvalue weighted by atomic mass is 16.5. The predicted octanol–water partition coefficient (Wildman–Crippen LogP) is 6.78. The van der Waals surface area contributed by atoms with E-state index in [9.17, 15) is 0 Å². The Morgan fingerprint density at radius 3 is 2.12 bits per heavy atom. The van der Waals surface area contributed by atoms with Crippen molar-refractivity contribution in [1.29, 1.82) is 0 Å². The molecule has 1 heterocycles. The smallest absolute Gasteiger partial charge is 0.183 e. The average molecular weight is 332 g/mol. The normalized spacial score (nSPS) is 17.2. The largest absolute Gasteiger partial charge is 0.478 e. The van der Waals surface area contributed by atoms with Gasteiger partial charge in [-0.05, 0) is 39.5 Å². The molecule has 0 bridgehead atoms. The van der Waals surface area contributed by atoms with Crippen LogP contribution in [-0.4, -0.2) is 18.0 Å².